The second kappa shape index (κ2) is 8.60. The summed E-state index contributed by atoms with van der Waals surface area (Å²) in [6.45, 7) is 3.66. The van der Waals surface area contributed by atoms with Gasteiger partial charge in [0.15, 0.2) is 5.76 Å². The minimum Gasteiger partial charge on any atom is -0.439 e. The van der Waals surface area contributed by atoms with Crippen LogP contribution in [0.3, 0.4) is 0 Å². The van der Waals surface area contributed by atoms with Crippen LogP contribution in [0.15, 0.2) is 65.2 Å². The normalized spacial score (nSPS) is 10.9. The zero-order valence-corrected chi connectivity index (χ0v) is 16.3. The van der Waals surface area contributed by atoms with E-state index in [-0.39, 0.29) is 12.6 Å². The highest BCUT2D eigenvalue weighted by atomic mass is 16.4. The summed E-state index contributed by atoms with van der Waals surface area (Å²) >= 11 is 0. The molecule has 7 nitrogen and oxygen atoms in total. The fourth-order valence-electron chi connectivity index (χ4n) is 3.30. The Labute approximate surface area is 168 Å². The number of hydrogen-bond donors (Lipinski definition) is 2. The van der Waals surface area contributed by atoms with Crippen LogP contribution in [0.25, 0.3) is 22.4 Å². The van der Waals surface area contributed by atoms with Gasteiger partial charge in [-0.25, -0.2) is 14.8 Å². The molecule has 4 aromatic rings. The van der Waals surface area contributed by atoms with Gasteiger partial charge in [0.1, 0.15) is 5.82 Å². The van der Waals surface area contributed by atoms with Gasteiger partial charge in [-0.2, -0.15) is 0 Å². The van der Waals surface area contributed by atoms with E-state index in [1.165, 1.54) is 0 Å². The third kappa shape index (κ3) is 4.29. The molecule has 2 aromatic heterocycles. The van der Waals surface area contributed by atoms with Gasteiger partial charge in [0.05, 0.1) is 23.8 Å². The molecular weight excluding hydrogens is 366 g/mol. The Morgan fingerprint density at radius 1 is 1.07 bits per heavy atom. The maximum absolute atomic E-state index is 12.1. The first-order chi connectivity index (χ1) is 14.2. The molecule has 2 N–H and O–H groups in total. The van der Waals surface area contributed by atoms with E-state index in [1.54, 1.807) is 6.20 Å². The molecule has 2 amide bonds. The van der Waals surface area contributed by atoms with Crippen molar-refractivity contribution in [1.82, 2.24) is 25.2 Å². The van der Waals surface area contributed by atoms with Crippen molar-refractivity contribution in [3.05, 3.63) is 72.5 Å². The molecule has 0 bridgehead atoms. The van der Waals surface area contributed by atoms with Gasteiger partial charge in [0, 0.05) is 25.1 Å². The largest absolute Gasteiger partial charge is 0.439 e. The van der Waals surface area contributed by atoms with Crippen molar-refractivity contribution in [3.8, 4) is 11.3 Å². The van der Waals surface area contributed by atoms with Crippen LogP contribution in [0, 0.1) is 0 Å². The third-order valence-corrected chi connectivity index (χ3v) is 4.70. The van der Waals surface area contributed by atoms with Crippen molar-refractivity contribution in [3.63, 3.8) is 0 Å². The molecule has 4 rings (SSSR count). The average molecular weight is 389 g/mol. The van der Waals surface area contributed by atoms with Crippen LogP contribution in [0.1, 0.15) is 18.6 Å². The lowest BCUT2D eigenvalue weighted by Gasteiger charge is -2.08. The van der Waals surface area contributed by atoms with Crippen LogP contribution in [-0.2, 0) is 19.5 Å². The van der Waals surface area contributed by atoms with Gasteiger partial charge in [-0.3, -0.25) is 0 Å². The van der Waals surface area contributed by atoms with Gasteiger partial charge in [-0.05, 0) is 19.1 Å². The zero-order chi connectivity index (χ0) is 20.1. The molecular formula is C22H23N5O2. The number of oxazole rings is 1. The Morgan fingerprint density at radius 2 is 1.86 bits per heavy atom. The summed E-state index contributed by atoms with van der Waals surface area (Å²) in [7, 11) is 0. The third-order valence-electron chi connectivity index (χ3n) is 4.70. The molecule has 7 heteroatoms. The lowest BCUT2D eigenvalue weighted by Crippen LogP contribution is -2.36. The second-order valence-electron chi connectivity index (χ2n) is 6.60. The van der Waals surface area contributed by atoms with Gasteiger partial charge in [-0.15, -0.1) is 0 Å². The number of carbonyl (C=O) groups is 1. The smallest absolute Gasteiger partial charge is 0.315 e. The number of aromatic nitrogens is 3. The number of rotatable bonds is 7. The van der Waals surface area contributed by atoms with Crippen molar-refractivity contribution in [1.29, 1.82) is 0 Å². The molecule has 148 valence electrons. The standard InChI is InChI=1S/C22H23N5O2/c1-2-27-18-11-7-6-10-17(18)26-20(27)12-13-23-22(28)25-15-21-24-14-19(29-21)16-8-4-3-5-9-16/h3-11,14H,2,12-13,15H2,1H3,(H2,23,25,28). The highest BCUT2D eigenvalue weighted by molar-refractivity contribution is 5.76. The monoisotopic (exact) mass is 389 g/mol. The molecule has 0 aliphatic rings. The Hall–Kier alpha value is -3.61. The Balaban J connectivity index is 1.27. The van der Waals surface area contributed by atoms with E-state index in [0.29, 0.717) is 24.6 Å². The van der Waals surface area contributed by atoms with Crippen molar-refractivity contribution in [2.75, 3.05) is 6.54 Å². The molecule has 0 radical (unpaired) electrons. The lowest BCUT2D eigenvalue weighted by molar-refractivity contribution is 0.239. The predicted molar refractivity (Wildman–Crippen MR) is 111 cm³/mol. The zero-order valence-electron chi connectivity index (χ0n) is 16.3. The summed E-state index contributed by atoms with van der Waals surface area (Å²) < 4.78 is 7.86. The van der Waals surface area contributed by atoms with E-state index in [1.807, 2.05) is 48.5 Å². The number of carbonyl (C=O) groups excluding carboxylic acids is 1. The second-order valence-corrected chi connectivity index (χ2v) is 6.60. The molecule has 0 saturated heterocycles. The first kappa shape index (κ1) is 18.7. The molecule has 2 aromatic carbocycles. The maximum Gasteiger partial charge on any atom is 0.315 e. The van der Waals surface area contributed by atoms with E-state index in [2.05, 4.69) is 38.2 Å². The molecule has 0 fully saturated rings. The fourth-order valence-corrected chi connectivity index (χ4v) is 3.30. The van der Waals surface area contributed by atoms with E-state index >= 15 is 0 Å². The van der Waals surface area contributed by atoms with E-state index < -0.39 is 0 Å². The quantitative estimate of drug-likeness (QED) is 0.504. The van der Waals surface area contributed by atoms with E-state index in [9.17, 15) is 4.79 Å². The molecule has 0 unspecified atom stereocenters. The van der Waals surface area contributed by atoms with Gasteiger partial charge in [-0.1, -0.05) is 42.5 Å². The van der Waals surface area contributed by atoms with Gasteiger partial charge in [0.25, 0.3) is 0 Å². The van der Waals surface area contributed by atoms with Crippen molar-refractivity contribution in [2.45, 2.75) is 26.4 Å². The van der Waals surface area contributed by atoms with Crippen LogP contribution in [0.4, 0.5) is 4.79 Å². The van der Waals surface area contributed by atoms with Gasteiger partial charge >= 0.3 is 6.03 Å². The van der Waals surface area contributed by atoms with Crippen molar-refractivity contribution >= 4 is 17.1 Å². The highest BCUT2D eigenvalue weighted by Crippen LogP contribution is 2.19. The number of hydrogen-bond acceptors (Lipinski definition) is 4. The van der Waals surface area contributed by atoms with Crippen LogP contribution in [0.2, 0.25) is 0 Å². The number of urea groups is 1. The van der Waals surface area contributed by atoms with Crippen molar-refractivity contribution in [2.24, 2.45) is 0 Å². The highest BCUT2D eigenvalue weighted by Gasteiger charge is 2.10. The molecule has 0 aliphatic heterocycles. The first-order valence-corrected chi connectivity index (χ1v) is 9.70. The summed E-state index contributed by atoms with van der Waals surface area (Å²) in [6, 6.07) is 17.5. The summed E-state index contributed by atoms with van der Waals surface area (Å²) in [5, 5.41) is 5.63. The van der Waals surface area contributed by atoms with Gasteiger partial charge < -0.3 is 19.6 Å². The number of para-hydroxylation sites is 2. The summed E-state index contributed by atoms with van der Waals surface area (Å²) in [4.78, 5) is 21.0. The number of benzene rings is 2. The molecule has 0 aliphatic carbocycles. The molecule has 0 atom stereocenters. The lowest BCUT2D eigenvalue weighted by atomic mass is 10.2. The Kier molecular flexibility index (Phi) is 5.56. The number of nitrogens with one attached hydrogen (secondary N) is 2. The minimum absolute atomic E-state index is 0.228. The summed E-state index contributed by atoms with van der Waals surface area (Å²) in [6.07, 6.45) is 2.33. The summed E-state index contributed by atoms with van der Waals surface area (Å²) in [5.74, 6) is 2.11. The SMILES string of the molecule is CCn1c(CCNC(=O)NCc2ncc(-c3ccccc3)o2)nc2ccccc21. The average Bonchev–Trinajstić information content (AvgIpc) is 3.37. The number of nitrogens with zero attached hydrogens (tertiary/aromatic N) is 3. The number of amides is 2. The summed E-state index contributed by atoms with van der Waals surface area (Å²) in [5.41, 5.74) is 3.05. The topological polar surface area (TPSA) is 85.0 Å². The minimum atomic E-state index is -0.261. The Morgan fingerprint density at radius 3 is 2.69 bits per heavy atom. The molecule has 2 heterocycles. The predicted octanol–water partition coefficient (Wildman–Crippen LogP) is 3.75. The number of aryl methyl sites for hydroxylation is 1. The Bertz CT molecular complexity index is 1100. The fraction of sp³-hybridized carbons (Fsp3) is 0.227. The molecule has 0 spiro atoms. The van der Waals surface area contributed by atoms with Gasteiger partial charge in [0.2, 0.25) is 5.89 Å². The van der Waals surface area contributed by atoms with Crippen LogP contribution in [0.5, 0.6) is 0 Å². The van der Waals surface area contributed by atoms with Crippen LogP contribution < -0.4 is 10.6 Å². The first-order valence-electron chi connectivity index (χ1n) is 9.70. The maximum atomic E-state index is 12.1. The molecule has 29 heavy (non-hydrogen) atoms. The van der Waals surface area contributed by atoms with Crippen molar-refractivity contribution < 1.29 is 9.21 Å². The number of fused-ring (bicyclic) bond motifs is 1. The van der Waals surface area contributed by atoms with E-state index in [0.717, 1.165) is 29.0 Å². The molecule has 0 saturated carbocycles. The number of imidazole rings is 1. The van der Waals surface area contributed by atoms with Crippen LogP contribution in [-0.4, -0.2) is 27.1 Å². The van der Waals surface area contributed by atoms with Crippen LogP contribution >= 0.6 is 0 Å². The van der Waals surface area contributed by atoms with E-state index in [4.69, 9.17) is 4.42 Å².